The molecular formula is C15H11N2O. The van der Waals surface area contributed by atoms with Crippen LogP contribution < -0.4 is 4.74 Å². The van der Waals surface area contributed by atoms with Crippen molar-refractivity contribution in [2.24, 2.45) is 0 Å². The minimum atomic E-state index is 0.776. The number of nitrogens with zero attached hydrogens (tertiary/aromatic N) is 2. The summed E-state index contributed by atoms with van der Waals surface area (Å²) >= 11 is 0. The molecule has 0 aliphatic carbocycles. The van der Waals surface area contributed by atoms with Gasteiger partial charge >= 0.3 is 0 Å². The fourth-order valence-electron chi connectivity index (χ4n) is 1.71. The summed E-state index contributed by atoms with van der Waals surface area (Å²) in [4.78, 5) is 4.04. The normalized spacial score (nSPS) is 10.2. The smallest absolute Gasteiger partial charge is 0.151 e. The van der Waals surface area contributed by atoms with Crippen LogP contribution in [0.3, 0.4) is 0 Å². The van der Waals surface area contributed by atoms with E-state index in [2.05, 4.69) is 11.1 Å². The Balaban J connectivity index is 1.98. The molecule has 0 spiro atoms. The van der Waals surface area contributed by atoms with Crippen molar-refractivity contribution >= 4 is 0 Å². The minimum absolute atomic E-state index is 0.776. The third kappa shape index (κ3) is 2.11. The van der Waals surface area contributed by atoms with E-state index in [0.29, 0.717) is 0 Å². The van der Waals surface area contributed by atoms with Gasteiger partial charge in [-0.05, 0) is 30.3 Å². The fraction of sp³-hybridized carbons (Fsp3) is 0. The van der Waals surface area contributed by atoms with Crippen LogP contribution in [0.25, 0.3) is 5.69 Å². The zero-order valence-electron chi connectivity index (χ0n) is 9.65. The van der Waals surface area contributed by atoms with Crippen LogP contribution in [0.1, 0.15) is 0 Å². The van der Waals surface area contributed by atoms with Crippen molar-refractivity contribution in [2.45, 2.75) is 0 Å². The Labute approximate surface area is 105 Å². The van der Waals surface area contributed by atoms with E-state index in [-0.39, 0.29) is 0 Å². The number of para-hydroxylation sites is 1. The number of hydrogen-bond donors (Lipinski definition) is 0. The summed E-state index contributed by atoms with van der Waals surface area (Å²) in [5.74, 6) is 1.59. The van der Waals surface area contributed by atoms with Gasteiger partial charge in [0.05, 0.1) is 12.0 Å². The second-order valence-electron chi connectivity index (χ2n) is 3.78. The van der Waals surface area contributed by atoms with E-state index in [9.17, 15) is 0 Å². The van der Waals surface area contributed by atoms with Gasteiger partial charge in [0.15, 0.2) is 5.75 Å². The molecule has 0 N–H and O–H groups in total. The van der Waals surface area contributed by atoms with Crippen LogP contribution >= 0.6 is 0 Å². The predicted octanol–water partition coefficient (Wildman–Crippen LogP) is 3.46. The van der Waals surface area contributed by atoms with Gasteiger partial charge in [-0.2, -0.15) is 0 Å². The van der Waals surface area contributed by atoms with Gasteiger partial charge in [-0.25, -0.2) is 4.98 Å². The molecule has 0 saturated heterocycles. The molecule has 1 aromatic heterocycles. The Morgan fingerprint density at radius 3 is 2.78 bits per heavy atom. The lowest BCUT2D eigenvalue weighted by Crippen LogP contribution is -1.94. The second kappa shape index (κ2) is 4.75. The molecule has 3 nitrogen and oxygen atoms in total. The number of aromatic nitrogens is 2. The lowest BCUT2D eigenvalue weighted by Gasteiger charge is -2.11. The summed E-state index contributed by atoms with van der Waals surface area (Å²) in [6, 6.07) is 18.3. The Morgan fingerprint density at radius 2 is 2.00 bits per heavy atom. The summed E-state index contributed by atoms with van der Waals surface area (Å²) in [6.07, 6.45) is 5.35. The topological polar surface area (TPSA) is 27.1 Å². The molecule has 1 radical (unpaired) electrons. The highest BCUT2D eigenvalue weighted by Gasteiger charge is 2.05. The molecule has 1 heterocycles. The molecule has 0 saturated carbocycles. The van der Waals surface area contributed by atoms with Crippen molar-refractivity contribution in [2.75, 3.05) is 0 Å². The van der Waals surface area contributed by atoms with Crippen molar-refractivity contribution in [3.63, 3.8) is 0 Å². The highest BCUT2D eigenvalue weighted by atomic mass is 16.5. The quantitative estimate of drug-likeness (QED) is 0.695. The summed E-state index contributed by atoms with van der Waals surface area (Å²) in [5, 5.41) is 0. The van der Waals surface area contributed by atoms with Gasteiger partial charge in [-0.15, -0.1) is 0 Å². The van der Waals surface area contributed by atoms with Crippen LogP contribution in [0.2, 0.25) is 0 Å². The zero-order chi connectivity index (χ0) is 12.2. The Morgan fingerprint density at radius 1 is 1.11 bits per heavy atom. The lowest BCUT2D eigenvalue weighted by molar-refractivity contribution is 0.480. The molecule has 0 aliphatic rings. The first-order chi connectivity index (χ1) is 8.93. The second-order valence-corrected chi connectivity index (χ2v) is 3.78. The van der Waals surface area contributed by atoms with E-state index in [4.69, 9.17) is 4.74 Å². The molecule has 2 aromatic carbocycles. The van der Waals surface area contributed by atoms with E-state index in [1.165, 1.54) is 0 Å². The van der Waals surface area contributed by atoms with Crippen LogP contribution in [0, 0.1) is 6.07 Å². The molecule has 0 fully saturated rings. The highest BCUT2D eigenvalue weighted by molar-refractivity contribution is 5.48. The van der Waals surface area contributed by atoms with Crippen molar-refractivity contribution < 1.29 is 4.74 Å². The van der Waals surface area contributed by atoms with Gasteiger partial charge in [0.2, 0.25) is 0 Å². The van der Waals surface area contributed by atoms with Crippen molar-refractivity contribution in [3.05, 3.63) is 73.3 Å². The van der Waals surface area contributed by atoms with E-state index in [0.717, 1.165) is 17.2 Å². The molecule has 3 aromatic rings. The van der Waals surface area contributed by atoms with Gasteiger partial charge in [-0.3, -0.25) is 0 Å². The summed E-state index contributed by atoms with van der Waals surface area (Å²) < 4.78 is 7.76. The monoisotopic (exact) mass is 235 g/mol. The summed E-state index contributed by atoms with van der Waals surface area (Å²) in [6.45, 7) is 0. The number of ether oxygens (including phenoxy) is 1. The van der Waals surface area contributed by atoms with E-state index >= 15 is 0 Å². The maximum atomic E-state index is 5.86. The van der Waals surface area contributed by atoms with Gasteiger partial charge in [-0.1, -0.05) is 24.3 Å². The third-order valence-electron chi connectivity index (χ3n) is 2.56. The molecule has 0 aliphatic heterocycles. The average molecular weight is 235 g/mol. The maximum absolute atomic E-state index is 5.86. The van der Waals surface area contributed by atoms with Crippen LogP contribution in [0.4, 0.5) is 0 Å². The molecule has 0 amide bonds. The highest BCUT2D eigenvalue weighted by Crippen LogP contribution is 2.27. The number of hydrogen-bond acceptors (Lipinski definition) is 2. The average Bonchev–Trinajstić information content (AvgIpc) is 2.94. The van der Waals surface area contributed by atoms with Gasteiger partial charge in [0, 0.05) is 12.4 Å². The first-order valence-electron chi connectivity index (χ1n) is 5.65. The third-order valence-corrected chi connectivity index (χ3v) is 2.56. The van der Waals surface area contributed by atoms with Crippen LogP contribution in [-0.2, 0) is 0 Å². The zero-order valence-corrected chi connectivity index (χ0v) is 9.65. The van der Waals surface area contributed by atoms with Crippen LogP contribution in [0.15, 0.2) is 67.3 Å². The number of rotatable bonds is 3. The van der Waals surface area contributed by atoms with Gasteiger partial charge in [0.1, 0.15) is 5.75 Å². The van der Waals surface area contributed by atoms with Gasteiger partial charge < -0.3 is 9.30 Å². The fourth-order valence-corrected chi connectivity index (χ4v) is 1.71. The van der Waals surface area contributed by atoms with E-state index < -0.39 is 0 Å². The number of benzene rings is 2. The van der Waals surface area contributed by atoms with E-state index in [1.807, 2.05) is 59.3 Å². The lowest BCUT2D eigenvalue weighted by atomic mass is 10.3. The molecule has 18 heavy (non-hydrogen) atoms. The first kappa shape index (κ1) is 10.6. The van der Waals surface area contributed by atoms with Crippen molar-refractivity contribution in [1.82, 2.24) is 9.55 Å². The maximum Gasteiger partial charge on any atom is 0.151 e. The Hall–Kier alpha value is -2.55. The summed E-state index contributed by atoms with van der Waals surface area (Å²) in [7, 11) is 0. The molecule has 0 bridgehead atoms. The van der Waals surface area contributed by atoms with Crippen molar-refractivity contribution in [1.29, 1.82) is 0 Å². The van der Waals surface area contributed by atoms with E-state index in [1.54, 1.807) is 12.5 Å². The SMILES string of the molecule is [c]1ccc(Oc2ccccc2)c(-n2ccnc2)c1. The predicted molar refractivity (Wildman–Crippen MR) is 68.9 cm³/mol. The first-order valence-corrected chi connectivity index (χ1v) is 5.65. The van der Waals surface area contributed by atoms with Gasteiger partial charge in [0.25, 0.3) is 0 Å². The molecule has 3 heteroatoms. The summed E-state index contributed by atoms with van der Waals surface area (Å²) in [5.41, 5.74) is 0.916. The molecule has 3 rings (SSSR count). The molecular weight excluding hydrogens is 224 g/mol. The molecule has 0 unspecified atom stereocenters. The number of imidazole rings is 1. The minimum Gasteiger partial charge on any atom is -0.455 e. The van der Waals surface area contributed by atoms with Crippen molar-refractivity contribution in [3.8, 4) is 17.2 Å². The molecule has 87 valence electrons. The standard InChI is InChI=1S/C15H11N2O/c1-2-6-13(7-3-1)18-15-9-5-4-8-14(15)17-11-10-16-12-17/h1-3,5-12H. The van der Waals surface area contributed by atoms with Crippen LogP contribution in [0.5, 0.6) is 11.5 Å². The van der Waals surface area contributed by atoms with Crippen LogP contribution in [-0.4, -0.2) is 9.55 Å². The largest absolute Gasteiger partial charge is 0.455 e. The Bertz CT molecular complexity index is 618. The Kier molecular flexibility index (Phi) is 2.80. The molecule has 0 atom stereocenters.